The number of H-pyrrole nitrogens is 1. The van der Waals surface area contributed by atoms with Crippen molar-refractivity contribution in [3.63, 3.8) is 0 Å². The van der Waals surface area contributed by atoms with Gasteiger partial charge in [0, 0.05) is 24.0 Å². The van der Waals surface area contributed by atoms with Crippen molar-refractivity contribution >= 4 is 18.0 Å². The average Bonchev–Trinajstić information content (AvgIpc) is 3.10. The summed E-state index contributed by atoms with van der Waals surface area (Å²) in [4.78, 5) is 18.6. The number of nitrogens with zero attached hydrogens (tertiary/aromatic N) is 4. The van der Waals surface area contributed by atoms with Gasteiger partial charge in [0.15, 0.2) is 5.82 Å². The number of hydrogen-bond acceptors (Lipinski definition) is 4. The highest BCUT2D eigenvalue weighted by molar-refractivity contribution is 5.67. The number of aryl methyl sites for hydroxylation is 1. The van der Waals surface area contributed by atoms with Crippen LogP contribution in [0, 0.1) is 12.7 Å². The highest BCUT2D eigenvalue weighted by Crippen LogP contribution is 2.19. The fourth-order valence-corrected chi connectivity index (χ4v) is 2.66. The van der Waals surface area contributed by atoms with Gasteiger partial charge in [0.1, 0.15) is 11.6 Å². The van der Waals surface area contributed by atoms with Crippen LogP contribution in [0.2, 0.25) is 0 Å². The van der Waals surface area contributed by atoms with E-state index >= 15 is 0 Å². The number of imidazole rings is 1. The fourth-order valence-electron chi connectivity index (χ4n) is 2.66. The van der Waals surface area contributed by atoms with E-state index in [1.807, 2.05) is 31.3 Å². The molecule has 0 aliphatic heterocycles. The molecule has 0 atom stereocenters. The van der Waals surface area contributed by atoms with Crippen LogP contribution in [0.5, 0.6) is 0 Å². The Hall–Kier alpha value is -3.02. The van der Waals surface area contributed by atoms with E-state index in [0.29, 0.717) is 12.4 Å². The molecule has 26 heavy (non-hydrogen) atoms. The van der Waals surface area contributed by atoms with Crippen LogP contribution in [0.1, 0.15) is 36.6 Å². The predicted octanol–water partition coefficient (Wildman–Crippen LogP) is 4.23. The number of anilines is 1. The zero-order valence-corrected chi connectivity index (χ0v) is 15.1. The second-order valence-electron chi connectivity index (χ2n) is 6.40. The van der Waals surface area contributed by atoms with Crippen LogP contribution < -0.4 is 4.90 Å². The lowest BCUT2D eigenvalue weighted by Crippen LogP contribution is -2.31. The molecular weight excluding hydrogens is 329 g/mol. The fraction of sp³-hybridized carbons (Fsp3) is 0.250. The number of halogens is 1. The number of aromatic amines is 1. The molecule has 6 heteroatoms. The Balaban J connectivity index is 1.88. The van der Waals surface area contributed by atoms with E-state index in [-0.39, 0.29) is 11.9 Å². The minimum atomic E-state index is -0.261. The maximum absolute atomic E-state index is 13.3. The summed E-state index contributed by atoms with van der Waals surface area (Å²) in [5, 5.41) is 0. The Morgan fingerprint density at radius 1 is 1.19 bits per heavy atom. The largest absolute Gasteiger partial charge is 0.351 e. The maximum atomic E-state index is 13.3. The van der Waals surface area contributed by atoms with Gasteiger partial charge in [-0.25, -0.2) is 19.3 Å². The van der Waals surface area contributed by atoms with Crippen molar-refractivity contribution in [3.8, 4) is 0 Å². The zero-order valence-electron chi connectivity index (χ0n) is 15.1. The number of nitrogens with one attached hydrogen (secondary N) is 1. The molecule has 3 aromatic rings. The Bertz CT molecular complexity index is 887. The first-order valence-electron chi connectivity index (χ1n) is 8.55. The molecule has 0 aliphatic rings. The Morgan fingerprint density at radius 2 is 2.04 bits per heavy atom. The number of aromatic nitrogens is 4. The van der Waals surface area contributed by atoms with Crippen LogP contribution >= 0.6 is 0 Å². The van der Waals surface area contributed by atoms with E-state index in [0.717, 1.165) is 22.8 Å². The molecule has 5 nitrogen and oxygen atoms in total. The third-order valence-electron chi connectivity index (χ3n) is 3.94. The van der Waals surface area contributed by atoms with Crippen molar-refractivity contribution < 1.29 is 4.39 Å². The minimum absolute atomic E-state index is 0.251. The van der Waals surface area contributed by atoms with Crippen LogP contribution in [-0.4, -0.2) is 26.0 Å². The van der Waals surface area contributed by atoms with Crippen molar-refractivity contribution in [2.45, 2.75) is 33.4 Å². The average molecular weight is 351 g/mol. The van der Waals surface area contributed by atoms with E-state index in [9.17, 15) is 4.39 Å². The molecule has 1 N–H and O–H groups in total. The molecule has 2 heterocycles. The third kappa shape index (κ3) is 4.53. The topological polar surface area (TPSA) is 57.7 Å². The van der Waals surface area contributed by atoms with Gasteiger partial charge in [0.25, 0.3) is 0 Å². The van der Waals surface area contributed by atoms with Crippen molar-refractivity contribution in [3.05, 3.63) is 71.4 Å². The van der Waals surface area contributed by atoms with E-state index in [4.69, 9.17) is 0 Å². The van der Waals surface area contributed by atoms with E-state index < -0.39 is 0 Å². The molecule has 0 radical (unpaired) electrons. The number of hydrogen-bond donors (Lipinski definition) is 1. The normalized spacial score (nSPS) is 11.4. The Morgan fingerprint density at radius 3 is 2.73 bits per heavy atom. The highest BCUT2D eigenvalue weighted by atomic mass is 19.1. The molecule has 0 fully saturated rings. The molecule has 0 aliphatic carbocycles. The van der Waals surface area contributed by atoms with E-state index in [1.165, 1.54) is 12.1 Å². The molecule has 0 amide bonds. The van der Waals surface area contributed by atoms with Crippen LogP contribution in [0.15, 0.2) is 42.9 Å². The lowest BCUT2D eigenvalue weighted by molar-refractivity contribution is 0.627. The summed E-state index contributed by atoms with van der Waals surface area (Å²) in [5.74, 6) is 1.18. The van der Waals surface area contributed by atoms with Gasteiger partial charge in [-0.05, 0) is 44.5 Å². The predicted molar refractivity (Wildman–Crippen MR) is 102 cm³/mol. The number of rotatable bonds is 6. The standard InChI is InChI=1S/C20H22FN5/c1-14(2)26(12-18-11-22-13-23-18)20-9-15(3)24-19(25-20)8-7-16-5-4-6-17(21)10-16/h4-11,13-14H,12H2,1-3H3,(H,22,23)/b8-7+. The molecule has 3 rings (SSSR count). The van der Waals surface area contributed by atoms with Crippen molar-refractivity contribution in [2.75, 3.05) is 4.90 Å². The van der Waals surface area contributed by atoms with Crippen LogP contribution in [0.25, 0.3) is 12.2 Å². The van der Waals surface area contributed by atoms with E-state index in [2.05, 4.69) is 38.7 Å². The first-order valence-corrected chi connectivity index (χ1v) is 8.55. The number of benzene rings is 1. The van der Waals surface area contributed by atoms with Gasteiger partial charge >= 0.3 is 0 Å². The molecule has 134 valence electrons. The van der Waals surface area contributed by atoms with Crippen LogP contribution in [0.3, 0.4) is 0 Å². The smallest absolute Gasteiger partial charge is 0.154 e. The van der Waals surface area contributed by atoms with Gasteiger partial charge in [-0.15, -0.1) is 0 Å². The van der Waals surface area contributed by atoms with Crippen molar-refractivity contribution in [2.24, 2.45) is 0 Å². The lowest BCUT2D eigenvalue weighted by Gasteiger charge is -2.27. The first kappa shape index (κ1) is 17.8. The molecule has 0 bridgehead atoms. The molecular formula is C20H22FN5. The molecule has 0 spiro atoms. The highest BCUT2D eigenvalue weighted by Gasteiger charge is 2.15. The molecule has 0 saturated heterocycles. The summed E-state index contributed by atoms with van der Waals surface area (Å²) in [5.41, 5.74) is 2.60. The van der Waals surface area contributed by atoms with Crippen LogP contribution in [-0.2, 0) is 6.54 Å². The van der Waals surface area contributed by atoms with E-state index in [1.54, 1.807) is 18.5 Å². The second-order valence-corrected chi connectivity index (χ2v) is 6.40. The molecule has 0 unspecified atom stereocenters. The third-order valence-corrected chi connectivity index (χ3v) is 3.94. The summed E-state index contributed by atoms with van der Waals surface area (Å²) in [7, 11) is 0. The molecule has 2 aromatic heterocycles. The monoisotopic (exact) mass is 351 g/mol. The summed E-state index contributed by atoms with van der Waals surface area (Å²) in [6.45, 7) is 6.83. The van der Waals surface area contributed by atoms with Gasteiger partial charge in [-0.1, -0.05) is 18.2 Å². The quantitative estimate of drug-likeness (QED) is 0.722. The van der Waals surface area contributed by atoms with Crippen LogP contribution in [0.4, 0.5) is 10.2 Å². The molecule has 0 saturated carbocycles. The Labute approximate surface area is 152 Å². The SMILES string of the molecule is Cc1cc(N(Cc2c[nH]cn2)C(C)C)nc(/C=C/c2cccc(F)c2)n1. The summed E-state index contributed by atoms with van der Waals surface area (Å²) >= 11 is 0. The van der Waals surface area contributed by atoms with Gasteiger partial charge < -0.3 is 9.88 Å². The summed E-state index contributed by atoms with van der Waals surface area (Å²) < 4.78 is 13.3. The Kier molecular flexibility index (Phi) is 5.41. The summed E-state index contributed by atoms with van der Waals surface area (Å²) in [6.07, 6.45) is 7.17. The van der Waals surface area contributed by atoms with Gasteiger partial charge in [0.2, 0.25) is 0 Å². The maximum Gasteiger partial charge on any atom is 0.154 e. The summed E-state index contributed by atoms with van der Waals surface area (Å²) in [6, 6.07) is 8.64. The first-order chi connectivity index (χ1) is 12.5. The van der Waals surface area contributed by atoms with Gasteiger partial charge in [-0.3, -0.25) is 0 Å². The van der Waals surface area contributed by atoms with Gasteiger partial charge in [0.05, 0.1) is 18.6 Å². The second kappa shape index (κ2) is 7.91. The van der Waals surface area contributed by atoms with Crippen molar-refractivity contribution in [1.82, 2.24) is 19.9 Å². The van der Waals surface area contributed by atoms with Gasteiger partial charge in [-0.2, -0.15) is 0 Å². The lowest BCUT2D eigenvalue weighted by atomic mass is 10.2. The zero-order chi connectivity index (χ0) is 18.5. The molecule has 1 aromatic carbocycles. The van der Waals surface area contributed by atoms with Crippen molar-refractivity contribution in [1.29, 1.82) is 0 Å². The minimum Gasteiger partial charge on any atom is -0.351 e.